The molecule has 1 aliphatic rings. The lowest BCUT2D eigenvalue weighted by Gasteiger charge is -2.32. The van der Waals surface area contributed by atoms with E-state index < -0.39 is 17.8 Å². The molecule has 0 bridgehead atoms. The Morgan fingerprint density at radius 2 is 1.75 bits per heavy atom. The molecule has 8 heteroatoms. The highest BCUT2D eigenvalue weighted by molar-refractivity contribution is 5.79. The smallest absolute Gasteiger partial charge is 0.410 e. The van der Waals surface area contributed by atoms with Crippen LogP contribution in [0.3, 0.4) is 0 Å². The molecule has 1 aromatic rings. The van der Waals surface area contributed by atoms with Crippen LogP contribution >= 0.6 is 0 Å². The maximum absolute atomic E-state index is 12.8. The number of hydrogen-bond acceptors (Lipinski definition) is 5. The summed E-state index contributed by atoms with van der Waals surface area (Å²) in [5, 5.41) is 2.66. The summed E-state index contributed by atoms with van der Waals surface area (Å²) in [5.74, 6) is -0.306. The molecule has 0 aliphatic carbocycles. The number of carbonyl (C=O) groups excluding carboxylic acids is 3. The van der Waals surface area contributed by atoms with Gasteiger partial charge in [-0.05, 0) is 45.6 Å². The van der Waals surface area contributed by atoms with Crippen molar-refractivity contribution in [2.45, 2.75) is 59.2 Å². The van der Waals surface area contributed by atoms with Crippen molar-refractivity contribution in [1.29, 1.82) is 0 Å². The molecule has 1 aliphatic heterocycles. The van der Waals surface area contributed by atoms with E-state index in [1.165, 1.54) is 4.90 Å². The van der Waals surface area contributed by atoms with E-state index in [1.807, 2.05) is 42.2 Å². The van der Waals surface area contributed by atoms with Crippen molar-refractivity contribution in [3.8, 4) is 0 Å². The molecule has 8 nitrogen and oxygen atoms in total. The third-order valence-corrected chi connectivity index (χ3v) is 5.10. The van der Waals surface area contributed by atoms with Gasteiger partial charge in [0, 0.05) is 32.7 Å². The number of likely N-dealkylation sites (tertiary alicyclic amines) is 1. The lowest BCUT2D eigenvalue weighted by Crippen LogP contribution is -2.47. The molecular formula is C24H37N3O5. The highest BCUT2D eigenvalue weighted by Crippen LogP contribution is 2.15. The van der Waals surface area contributed by atoms with Gasteiger partial charge in [-0.15, -0.1) is 0 Å². The minimum absolute atomic E-state index is 0.0495. The van der Waals surface area contributed by atoms with Gasteiger partial charge in [-0.25, -0.2) is 9.59 Å². The van der Waals surface area contributed by atoms with E-state index in [2.05, 4.69) is 5.32 Å². The van der Waals surface area contributed by atoms with Crippen molar-refractivity contribution < 1.29 is 23.9 Å². The highest BCUT2D eigenvalue weighted by atomic mass is 16.6. The van der Waals surface area contributed by atoms with Crippen molar-refractivity contribution in [2.75, 3.05) is 32.7 Å². The number of amides is 3. The first-order chi connectivity index (χ1) is 15.2. The molecule has 1 N–H and O–H groups in total. The molecule has 1 saturated heterocycles. The Bertz CT molecular complexity index is 742. The Balaban J connectivity index is 1.87. The van der Waals surface area contributed by atoms with Gasteiger partial charge in [0.05, 0.1) is 5.92 Å². The number of carbonyl (C=O) groups is 3. The van der Waals surface area contributed by atoms with Crippen LogP contribution in [0.4, 0.5) is 9.59 Å². The summed E-state index contributed by atoms with van der Waals surface area (Å²) >= 11 is 0. The van der Waals surface area contributed by atoms with Crippen LogP contribution in [0.25, 0.3) is 0 Å². The molecule has 1 fully saturated rings. The van der Waals surface area contributed by atoms with Crippen molar-refractivity contribution in [2.24, 2.45) is 5.92 Å². The van der Waals surface area contributed by atoms with Gasteiger partial charge in [0.1, 0.15) is 12.2 Å². The average molecular weight is 448 g/mol. The van der Waals surface area contributed by atoms with Crippen LogP contribution in [-0.4, -0.2) is 66.2 Å². The van der Waals surface area contributed by atoms with E-state index in [-0.39, 0.29) is 38.1 Å². The zero-order valence-corrected chi connectivity index (χ0v) is 19.8. The topological polar surface area (TPSA) is 88.2 Å². The van der Waals surface area contributed by atoms with E-state index in [0.29, 0.717) is 0 Å². The van der Waals surface area contributed by atoms with Crippen LogP contribution in [0.1, 0.15) is 52.5 Å². The van der Waals surface area contributed by atoms with Crippen LogP contribution in [-0.2, 0) is 20.9 Å². The van der Waals surface area contributed by atoms with Crippen LogP contribution in [0.15, 0.2) is 30.3 Å². The molecule has 3 amide bonds. The number of hydrogen-bond donors (Lipinski definition) is 1. The zero-order valence-electron chi connectivity index (χ0n) is 19.8. The average Bonchev–Trinajstić information content (AvgIpc) is 2.76. The molecule has 1 atom stereocenters. The van der Waals surface area contributed by atoms with E-state index in [1.54, 1.807) is 20.8 Å². The van der Waals surface area contributed by atoms with Crippen LogP contribution in [0.5, 0.6) is 0 Å². The van der Waals surface area contributed by atoms with E-state index >= 15 is 0 Å². The second-order valence-electron chi connectivity index (χ2n) is 9.20. The molecule has 0 spiro atoms. The van der Waals surface area contributed by atoms with Gasteiger partial charge in [-0.2, -0.15) is 0 Å². The predicted molar refractivity (Wildman–Crippen MR) is 122 cm³/mol. The first-order valence-electron chi connectivity index (χ1n) is 11.4. The molecule has 178 valence electrons. The fourth-order valence-corrected chi connectivity index (χ4v) is 3.49. The molecule has 0 radical (unpaired) electrons. The summed E-state index contributed by atoms with van der Waals surface area (Å²) < 4.78 is 10.7. The quantitative estimate of drug-likeness (QED) is 0.655. The summed E-state index contributed by atoms with van der Waals surface area (Å²) in [6.07, 6.45) is 2.12. The van der Waals surface area contributed by atoms with Gasteiger partial charge in [0.15, 0.2) is 0 Å². The molecule has 0 aromatic heterocycles. The van der Waals surface area contributed by atoms with Crippen LogP contribution < -0.4 is 5.32 Å². The molecule has 1 aromatic carbocycles. The van der Waals surface area contributed by atoms with E-state index in [9.17, 15) is 14.4 Å². The Hall–Kier alpha value is -2.77. The molecule has 1 heterocycles. The fourth-order valence-electron chi connectivity index (χ4n) is 3.49. The number of alkyl carbamates (subject to hydrolysis) is 1. The summed E-state index contributed by atoms with van der Waals surface area (Å²) in [6.45, 7) is 9.56. The lowest BCUT2D eigenvalue weighted by molar-refractivity contribution is -0.136. The number of rotatable bonds is 8. The lowest BCUT2D eigenvalue weighted by atomic mass is 10.1. The summed E-state index contributed by atoms with van der Waals surface area (Å²) in [4.78, 5) is 40.9. The van der Waals surface area contributed by atoms with E-state index in [4.69, 9.17) is 9.47 Å². The van der Waals surface area contributed by atoms with Gasteiger partial charge in [-0.3, -0.25) is 4.79 Å². The van der Waals surface area contributed by atoms with Crippen LogP contribution in [0, 0.1) is 5.92 Å². The molecule has 2 rings (SSSR count). The van der Waals surface area contributed by atoms with Crippen LogP contribution in [0.2, 0.25) is 0 Å². The van der Waals surface area contributed by atoms with Gasteiger partial charge >= 0.3 is 12.2 Å². The first-order valence-corrected chi connectivity index (χ1v) is 11.4. The van der Waals surface area contributed by atoms with Gasteiger partial charge in [0.2, 0.25) is 5.91 Å². The third-order valence-electron chi connectivity index (χ3n) is 5.10. The largest absolute Gasteiger partial charge is 0.445 e. The summed E-state index contributed by atoms with van der Waals surface area (Å²) in [6, 6.07) is 9.39. The summed E-state index contributed by atoms with van der Waals surface area (Å²) in [7, 11) is 0. The monoisotopic (exact) mass is 447 g/mol. The van der Waals surface area contributed by atoms with E-state index in [0.717, 1.165) is 37.9 Å². The van der Waals surface area contributed by atoms with Gasteiger partial charge in [0.25, 0.3) is 0 Å². The minimum atomic E-state index is -0.655. The second-order valence-corrected chi connectivity index (χ2v) is 9.20. The number of ether oxygens (including phenoxy) is 2. The third kappa shape index (κ3) is 9.16. The molecule has 0 unspecified atom stereocenters. The predicted octanol–water partition coefficient (Wildman–Crippen LogP) is 3.80. The van der Waals surface area contributed by atoms with Gasteiger partial charge < -0.3 is 24.6 Å². The highest BCUT2D eigenvalue weighted by Gasteiger charge is 2.28. The number of nitrogens with zero attached hydrogens (tertiary/aromatic N) is 2. The fraction of sp³-hybridized carbons (Fsp3) is 0.625. The van der Waals surface area contributed by atoms with Crippen molar-refractivity contribution in [1.82, 2.24) is 15.1 Å². The minimum Gasteiger partial charge on any atom is -0.445 e. The maximum atomic E-state index is 12.8. The maximum Gasteiger partial charge on any atom is 0.410 e. The zero-order chi connectivity index (χ0) is 23.6. The van der Waals surface area contributed by atoms with Gasteiger partial charge in [-0.1, -0.05) is 37.3 Å². The Kier molecular flexibility index (Phi) is 9.81. The molecular weight excluding hydrogens is 410 g/mol. The Morgan fingerprint density at radius 1 is 1.09 bits per heavy atom. The first kappa shape index (κ1) is 25.5. The molecule has 32 heavy (non-hydrogen) atoms. The van der Waals surface area contributed by atoms with Crippen molar-refractivity contribution in [3.63, 3.8) is 0 Å². The Morgan fingerprint density at radius 3 is 2.38 bits per heavy atom. The number of benzene rings is 1. The summed E-state index contributed by atoms with van der Waals surface area (Å²) in [5.41, 5.74) is 0.236. The normalized spacial score (nSPS) is 14.9. The SMILES string of the molecule is C[C@@H](CN(CCNC(=O)OCc1ccccc1)C(=O)OC(C)(C)C)C(=O)N1CCCCC1. The standard InChI is InChI=1S/C24H37N3O5/c1-19(21(28)26-14-9-6-10-15-26)17-27(23(30)32-24(2,3)4)16-13-25-22(29)31-18-20-11-7-5-8-12-20/h5,7-8,11-12,19H,6,9-10,13-18H2,1-4H3,(H,25,29)/t19-/m0/s1. The molecule has 0 saturated carbocycles. The number of piperidine rings is 1. The second kappa shape index (κ2) is 12.3. The van der Waals surface area contributed by atoms with Crippen molar-refractivity contribution >= 4 is 18.1 Å². The number of nitrogens with one attached hydrogen (secondary N) is 1. The Labute approximate surface area is 191 Å². The van der Waals surface area contributed by atoms with Crippen molar-refractivity contribution in [3.05, 3.63) is 35.9 Å².